The molecule has 0 saturated heterocycles. The Morgan fingerprint density at radius 1 is 1.08 bits per heavy atom. The molecule has 0 aromatic carbocycles. The fourth-order valence-corrected chi connectivity index (χ4v) is 2.66. The van der Waals surface area contributed by atoms with E-state index in [0.717, 1.165) is 5.92 Å². The van der Waals surface area contributed by atoms with Crippen LogP contribution in [0.5, 0.6) is 0 Å². The van der Waals surface area contributed by atoms with Crippen LogP contribution in [-0.2, 0) is 0 Å². The molecule has 0 aromatic heterocycles. The highest BCUT2D eigenvalue weighted by Crippen LogP contribution is 2.32. The van der Waals surface area contributed by atoms with Crippen molar-refractivity contribution in [2.24, 2.45) is 5.92 Å². The van der Waals surface area contributed by atoms with Crippen molar-refractivity contribution in [1.82, 2.24) is 0 Å². The van der Waals surface area contributed by atoms with Gasteiger partial charge in [-0.3, -0.25) is 0 Å². The first-order valence-corrected chi connectivity index (χ1v) is 5.71. The molecule has 0 nitrogen and oxygen atoms in total. The number of hydrogen-bond acceptors (Lipinski definition) is 0. The van der Waals surface area contributed by atoms with Crippen LogP contribution < -0.4 is 0 Å². The molecule has 2 saturated carbocycles. The third kappa shape index (κ3) is 2.46. The molecule has 1 atom stereocenters. The van der Waals surface area contributed by atoms with Crippen LogP contribution >= 0.6 is 0 Å². The maximum Gasteiger partial charge on any atom is -0.0194 e. The monoisotopic (exact) mass is 176 g/mol. The Bertz CT molecular complexity index is 214. The Balaban J connectivity index is 1.92. The Kier molecular flexibility index (Phi) is 2.87. The molecule has 2 rings (SSSR count). The van der Waals surface area contributed by atoms with Gasteiger partial charge in [-0.15, -0.1) is 0 Å². The van der Waals surface area contributed by atoms with Crippen molar-refractivity contribution in [3.63, 3.8) is 0 Å². The minimum atomic E-state index is 0.842. The molecule has 0 heteroatoms. The molecule has 0 radical (unpaired) electrons. The average molecular weight is 176 g/mol. The van der Waals surface area contributed by atoms with Gasteiger partial charge in [0.05, 0.1) is 0 Å². The summed E-state index contributed by atoms with van der Waals surface area (Å²) < 4.78 is 0. The van der Waals surface area contributed by atoms with Crippen LogP contribution in [0.3, 0.4) is 0 Å². The highest BCUT2D eigenvalue weighted by atomic mass is 14.2. The van der Waals surface area contributed by atoms with E-state index >= 15 is 0 Å². The van der Waals surface area contributed by atoms with Gasteiger partial charge in [0.2, 0.25) is 0 Å². The average Bonchev–Trinajstić information content (AvgIpc) is 2.57. The fraction of sp³-hybridized carbons (Fsp3) is 0.692. The van der Waals surface area contributed by atoms with Crippen molar-refractivity contribution >= 4 is 0 Å². The summed E-state index contributed by atoms with van der Waals surface area (Å²) in [5.74, 6) is 0.842. The molecule has 2 fully saturated rings. The molecular weight excluding hydrogens is 156 g/mol. The summed E-state index contributed by atoms with van der Waals surface area (Å²) in [6.45, 7) is 4.11. The van der Waals surface area contributed by atoms with Crippen LogP contribution in [0, 0.1) is 5.92 Å². The van der Waals surface area contributed by atoms with Gasteiger partial charge >= 0.3 is 0 Å². The number of hydrogen-bond donors (Lipinski definition) is 0. The first-order valence-electron chi connectivity index (χ1n) is 5.71. The van der Waals surface area contributed by atoms with Gasteiger partial charge in [-0.1, -0.05) is 23.8 Å². The zero-order chi connectivity index (χ0) is 9.10. The summed E-state index contributed by atoms with van der Waals surface area (Å²) in [5.41, 5.74) is 3.21. The van der Waals surface area contributed by atoms with E-state index in [0.29, 0.717) is 0 Å². The zero-order valence-corrected chi connectivity index (χ0v) is 8.52. The lowest BCUT2D eigenvalue weighted by molar-refractivity contribution is 0.493. The van der Waals surface area contributed by atoms with Gasteiger partial charge in [0, 0.05) is 0 Å². The van der Waals surface area contributed by atoms with Crippen molar-refractivity contribution in [1.29, 1.82) is 0 Å². The van der Waals surface area contributed by atoms with Crippen LogP contribution in [0.25, 0.3) is 0 Å². The van der Waals surface area contributed by atoms with Crippen molar-refractivity contribution in [3.05, 3.63) is 23.8 Å². The molecule has 0 amide bonds. The summed E-state index contributed by atoms with van der Waals surface area (Å²) >= 11 is 0. The smallest absolute Gasteiger partial charge is 0.0194 e. The molecule has 0 spiro atoms. The van der Waals surface area contributed by atoms with Gasteiger partial charge in [0.1, 0.15) is 0 Å². The van der Waals surface area contributed by atoms with E-state index in [4.69, 9.17) is 0 Å². The molecule has 0 N–H and O–H groups in total. The molecular formula is C13H20. The zero-order valence-electron chi connectivity index (χ0n) is 8.52. The van der Waals surface area contributed by atoms with E-state index in [1.54, 1.807) is 5.57 Å². The lowest BCUT2D eigenvalue weighted by Gasteiger charge is -2.21. The topological polar surface area (TPSA) is 0 Å². The van der Waals surface area contributed by atoms with Crippen molar-refractivity contribution in [3.8, 4) is 0 Å². The third-order valence-electron chi connectivity index (χ3n) is 3.37. The number of allylic oxidation sites excluding steroid dienone is 3. The van der Waals surface area contributed by atoms with Gasteiger partial charge in [-0.2, -0.15) is 0 Å². The predicted octanol–water partition coefficient (Wildman–Crippen LogP) is 4.23. The lowest BCUT2D eigenvalue weighted by Crippen LogP contribution is -2.05. The second-order valence-corrected chi connectivity index (χ2v) is 4.64. The normalized spacial score (nSPS) is 29.4. The fourth-order valence-electron chi connectivity index (χ4n) is 2.66. The first-order chi connectivity index (χ1) is 6.34. The van der Waals surface area contributed by atoms with Crippen LogP contribution in [0.2, 0.25) is 0 Å². The Morgan fingerprint density at radius 2 is 1.85 bits per heavy atom. The van der Waals surface area contributed by atoms with Gasteiger partial charge < -0.3 is 0 Å². The van der Waals surface area contributed by atoms with E-state index in [-0.39, 0.29) is 0 Å². The highest BCUT2D eigenvalue weighted by Gasteiger charge is 2.15. The van der Waals surface area contributed by atoms with Crippen molar-refractivity contribution in [2.45, 2.75) is 51.4 Å². The SMILES string of the molecule is C=C1CCCC(C=C2CCCC2)C1. The van der Waals surface area contributed by atoms with Gasteiger partial charge in [-0.25, -0.2) is 0 Å². The minimum Gasteiger partial charge on any atom is -0.0998 e. The first kappa shape index (κ1) is 9.05. The second-order valence-electron chi connectivity index (χ2n) is 4.64. The summed E-state index contributed by atoms with van der Waals surface area (Å²) in [5, 5.41) is 0. The van der Waals surface area contributed by atoms with E-state index in [2.05, 4.69) is 12.7 Å². The molecule has 1 unspecified atom stereocenters. The molecule has 2 aliphatic carbocycles. The van der Waals surface area contributed by atoms with E-state index in [1.807, 2.05) is 0 Å². The summed E-state index contributed by atoms with van der Waals surface area (Å²) in [6.07, 6.45) is 13.5. The quantitative estimate of drug-likeness (QED) is 0.524. The molecule has 0 bridgehead atoms. The molecule has 72 valence electrons. The van der Waals surface area contributed by atoms with Crippen LogP contribution in [0.15, 0.2) is 23.8 Å². The lowest BCUT2D eigenvalue weighted by atomic mass is 9.85. The maximum atomic E-state index is 4.11. The van der Waals surface area contributed by atoms with Crippen molar-refractivity contribution in [2.75, 3.05) is 0 Å². The van der Waals surface area contributed by atoms with Crippen LogP contribution in [-0.4, -0.2) is 0 Å². The largest absolute Gasteiger partial charge is 0.0998 e. The van der Waals surface area contributed by atoms with E-state index in [9.17, 15) is 0 Å². The molecule has 2 aliphatic rings. The third-order valence-corrected chi connectivity index (χ3v) is 3.37. The molecule has 0 aromatic rings. The summed E-state index contributed by atoms with van der Waals surface area (Å²) in [6, 6.07) is 0. The van der Waals surface area contributed by atoms with Gasteiger partial charge in [0.15, 0.2) is 0 Å². The van der Waals surface area contributed by atoms with E-state index < -0.39 is 0 Å². The minimum absolute atomic E-state index is 0.842. The maximum absolute atomic E-state index is 4.11. The van der Waals surface area contributed by atoms with Gasteiger partial charge in [0.25, 0.3) is 0 Å². The predicted molar refractivity (Wildman–Crippen MR) is 57.6 cm³/mol. The van der Waals surface area contributed by atoms with Crippen LogP contribution in [0.4, 0.5) is 0 Å². The highest BCUT2D eigenvalue weighted by molar-refractivity contribution is 5.12. The molecule has 0 aliphatic heterocycles. The molecule has 0 heterocycles. The van der Waals surface area contributed by atoms with Crippen LogP contribution in [0.1, 0.15) is 51.4 Å². The summed E-state index contributed by atoms with van der Waals surface area (Å²) in [7, 11) is 0. The van der Waals surface area contributed by atoms with E-state index in [1.165, 1.54) is 56.9 Å². The second kappa shape index (κ2) is 4.13. The Hall–Kier alpha value is -0.520. The number of rotatable bonds is 1. The Morgan fingerprint density at radius 3 is 2.54 bits per heavy atom. The standard InChI is InChI=1S/C13H20/c1-11-5-4-8-13(9-11)10-12-6-2-3-7-12/h10,13H,1-9H2. The van der Waals surface area contributed by atoms with Crippen molar-refractivity contribution < 1.29 is 0 Å². The Labute approximate surface area is 81.7 Å². The molecule has 13 heavy (non-hydrogen) atoms. The summed E-state index contributed by atoms with van der Waals surface area (Å²) in [4.78, 5) is 0. The van der Waals surface area contributed by atoms with Gasteiger partial charge in [-0.05, 0) is 57.3 Å².